The highest BCUT2D eigenvalue weighted by molar-refractivity contribution is 7.17. The Morgan fingerprint density at radius 2 is 1.94 bits per heavy atom. The largest absolute Gasteiger partial charge is 0.450 e. The fraction of sp³-hybridized carbons (Fsp3) is 0.375. The number of nitrogens with one attached hydrogen (secondary N) is 1. The Bertz CT molecular complexity index is 1090. The molecule has 1 saturated heterocycles. The van der Waals surface area contributed by atoms with Crippen LogP contribution in [0.25, 0.3) is 0 Å². The number of pyridine rings is 1. The van der Waals surface area contributed by atoms with Crippen LogP contribution in [0.1, 0.15) is 44.3 Å². The summed E-state index contributed by atoms with van der Waals surface area (Å²) in [5.74, 6) is -0.0978. The van der Waals surface area contributed by atoms with Gasteiger partial charge in [-0.3, -0.25) is 14.7 Å². The van der Waals surface area contributed by atoms with Gasteiger partial charge in [0, 0.05) is 42.8 Å². The lowest BCUT2D eigenvalue weighted by atomic mass is 9.97. The number of aromatic nitrogens is 1. The van der Waals surface area contributed by atoms with E-state index < -0.39 is 0 Å². The number of nitrogens with zero attached hydrogens (tertiary/aromatic N) is 3. The van der Waals surface area contributed by atoms with Crippen molar-refractivity contribution in [3.8, 4) is 0 Å². The molecule has 1 aliphatic rings. The number of piperazine rings is 1. The number of anilines is 1. The van der Waals surface area contributed by atoms with Gasteiger partial charge in [-0.05, 0) is 49.9 Å². The summed E-state index contributed by atoms with van der Waals surface area (Å²) in [5.41, 5.74) is 3.16. The molecular formula is C24H28N4O3S2. The zero-order valence-electron chi connectivity index (χ0n) is 19.0. The van der Waals surface area contributed by atoms with Gasteiger partial charge < -0.3 is 15.0 Å². The Labute approximate surface area is 202 Å². The number of aryl methyl sites for hydroxylation is 1. The molecule has 174 valence electrons. The van der Waals surface area contributed by atoms with Crippen LogP contribution in [0.5, 0.6) is 0 Å². The monoisotopic (exact) mass is 484 g/mol. The summed E-state index contributed by atoms with van der Waals surface area (Å²) >= 11 is 3.03. The van der Waals surface area contributed by atoms with Crippen LogP contribution in [0.2, 0.25) is 0 Å². The van der Waals surface area contributed by atoms with Crippen molar-refractivity contribution in [3.05, 3.63) is 68.5 Å². The van der Waals surface area contributed by atoms with Crippen LogP contribution in [0.4, 0.5) is 9.80 Å². The summed E-state index contributed by atoms with van der Waals surface area (Å²) in [4.78, 5) is 35.7. The first kappa shape index (κ1) is 23.4. The fourth-order valence-corrected chi connectivity index (χ4v) is 5.78. The molecule has 2 amide bonds. The first-order valence-electron chi connectivity index (χ1n) is 11.0. The van der Waals surface area contributed by atoms with E-state index in [9.17, 15) is 9.59 Å². The van der Waals surface area contributed by atoms with Crippen LogP contribution in [-0.2, 0) is 4.74 Å². The Morgan fingerprint density at radius 3 is 2.58 bits per heavy atom. The minimum Gasteiger partial charge on any atom is -0.450 e. The predicted molar refractivity (Wildman–Crippen MR) is 132 cm³/mol. The summed E-state index contributed by atoms with van der Waals surface area (Å²) < 4.78 is 5.18. The number of thiophene rings is 2. The van der Waals surface area contributed by atoms with Crippen molar-refractivity contribution in [1.29, 1.82) is 0 Å². The van der Waals surface area contributed by atoms with Crippen LogP contribution in [0, 0.1) is 13.8 Å². The van der Waals surface area contributed by atoms with Gasteiger partial charge >= 0.3 is 6.09 Å². The number of amides is 2. The van der Waals surface area contributed by atoms with Crippen LogP contribution in [0.3, 0.4) is 0 Å². The van der Waals surface area contributed by atoms with Gasteiger partial charge in [0.2, 0.25) is 0 Å². The normalized spacial score (nSPS) is 15.3. The van der Waals surface area contributed by atoms with Crippen molar-refractivity contribution < 1.29 is 14.3 Å². The molecule has 9 heteroatoms. The number of ether oxygens (including phenoxy) is 1. The summed E-state index contributed by atoms with van der Waals surface area (Å²) in [6.45, 7) is 8.92. The Kier molecular flexibility index (Phi) is 7.42. The zero-order valence-corrected chi connectivity index (χ0v) is 20.7. The average Bonchev–Trinajstić information content (AvgIpc) is 3.46. The quantitative estimate of drug-likeness (QED) is 0.537. The first-order chi connectivity index (χ1) is 16.0. The van der Waals surface area contributed by atoms with E-state index >= 15 is 0 Å². The second-order valence-corrected chi connectivity index (χ2v) is 10.0. The maximum absolute atomic E-state index is 12.9. The molecule has 7 nitrogen and oxygen atoms in total. The van der Waals surface area contributed by atoms with Gasteiger partial charge in [0.25, 0.3) is 5.91 Å². The van der Waals surface area contributed by atoms with Crippen LogP contribution < -0.4 is 5.32 Å². The van der Waals surface area contributed by atoms with E-state index in [-0.39, 0.29) is 18.0 Å². The van der Waals surface area contributed by atoms with E-state index in [0.29, 0.717) is 37.7 Å². The highest BCUT2D eigenvalue weighted by Gasteiger charge is 2.33. The Morgan fingerprint density at radius 1 is 1.15 bits per heavy atom. The third-order valence-corrected chi connectivity index (χ3v) is 7.86. The van der Waals surface area contributed by atoms with Crippen molar-refractivity contribution in [3.63, 3.8) is 0 Å². The maximum Gasteiger partial charge on any atom is 0.409 e. The lowest BCUT2D eigenvalue weighted by Gasteiger charge is -2.39. The molecule has 1 fully saturated rings. The minimum absolute atomic E-state index is 0.0978. The minimum atomic E-state index is -0.266. The highest BCUT2D eigenvalue weighted by atomic mass is 32.1. The number of carbonyl (C=O) groups is 2. The molecule has 0 radical (unpaired) electrons. The fourth-order valence-electron chi connectivity index (χ4n) is 4.07. The number of hydrogen-bond acceptors (Lipinski definition) is 7. The third kappa shape index (κ3) is 5.10. The highest BCUT2D eigenvalue weighted by Crippen LogP contribution is 2.42. The molecule has 4 heterocycles. The molecule has 0 saturated carbocycles. The van der Waals surface area contributed by atoms with Gasteiger partial charge in [-0.1, -0.05) is 12.1 Å². The third-order valence-electron chi connectivity index (χ3n) is 5.85. The van der Waals surface area contributed by atoms with Crippen molar-refractivity contribution in [1.82, 2.24) is 14.8 Å². The molecule has 0 aromatic carbocycles. The van der Waals surface area contributed by atoms with Crippen LogP contribution in [-0.4, -0.2) is 59.6 Å². The van der Waals surface area contributed by atoms with Gasteiger partial charge in [0.15, 0.2) is 0 Å². The SMILES string of the molecule is CCOC(=O)N1CCN([C@H](c2ccccn2)c2c(NC(=O)c3cccs3)sc(C)c2C)CC1. The van der Waals surface area contributed by atoms with Crippen molar-refractivity contribution >= 4 is 39.7 Å². The molecule has 3 aromatic heterocycles. The molecule has 0 spiro atoms. The molecule has 1 N–H and O–H groups in total. The van der Waals surface area contributed by atoms with Crippen molar-refractivity contribution in [2.45, 2.75) is 26.8 Å². The van der Waals surface area contributed by atoms with Crippen LogP contribution in [0.15, 0.2) is 41.9 Å². The molecule has 4 rings (SSSR count). The number of rotatable bonds is 6. The second kappa shape index (κ2) is 10.5. The number of carbonyl (C=O) groups excluding carboxylic acids is 2. The van der Waals surface area contributed by atoms with Gasteiger partial charge in [-0.25, -0.2) is 4.79 Å². The maximum atomic E-state index is 12.9. The summed E-state index contributed by atoms with van der Waals surface area (Å²) in [5, 5.41) is 5.92. The molecule has 0 aliphatic carbocycles. The Hall–Kier alpha value is -2.75. The van der Waals surface area contributed by atoms with E-state index in [4.69, 9.17) is 4.74 Å². The van der Waals surface area contributed by atoms with Gasteiger partial charge in [0.1, 0.15) is 5.00 Å². The molecule has 1 aliphatic heterocycles. The second-order valence-electron chi connectivity index (χ2n) is 7.84. The Balaban J connectivity index is 1.66. The topological polar surface area (TPSA) is 74.8 Å². The zero-order chi connectivity index (χ0) is 23.4. The summed E-state index contributed by atoms with van der Waals surface area (Å²) in [6, 6.07) is 9.51. The first-order valence-corrected chi connectivity index (χ1v) is 12.7. The standard InChI is InChI=1S/C24H28N4O3S2/c1-4-31-24(30)28-13-11-27(12-14-28)21(18-8-5-6-10-25-18)20-16(2)17(3)33-23(20)26-22(29)19-9-7-15-32-19/h5-10,15,21H,4,11-14H2,1-3H3,(H,26,29)/t21-/m1/s1. The van der Waals surface area contributed by atoms with Crippen LogP contribution >= 0.6 is 22.7 Å². The van der Waals surface area contributed by atoms with Gasteiger partial charge in [-0.2, -0.15) is 0 Å². The molecule has 3 aromatic rings. The predicted octanol–water partition coefficient (Wildman–Crippen LogP) is 4.94. The lowest BCUT2D eigenvalue weighted by Crippen LogP contribution is -2.50. The average molecular weight is 485 g/mol. The van der Waals surface area contributed by atoms with E-state index in [1.165, 1.54) is 11.3 Å². The molecule has 0 bridgehead atoms. The van der Waals surface area contributed by atoms with E-state index in [2.05, 4.69) is 29.0 Å². The summed E-state index contributed by atoms with van der Waals surface area (Å²) in [7, 11) is 0. The van der Waals surface area contributed by atoms with Crippen molar-refractivity contribution in [2.75, 3.05) is 38.1 Å². The van der Waals surface area contributed by atoms with E-state index in [1.807, 2.05) is 42.6 Å². The summed E-state index contributed by atoms with van der Waals surface area (Å²) in [6.07, 6.45) is 1.54. The van der Waals surface area contributed by atoms with Gasteiger partial charge in [0.05, 0.1) is 23.2 Å². The van der Waals surface area contributed by atoms with Gasteiger partial charge in [-0.15, -0.1) is 22.7 Å². The molecule has 33 heavy (non-hydrogen) atoms. The van der Waals surface area contributed by atoms with Crippen molar-refractivity contribution in [2.24, 2.45) is 0 Å². The smallest absolute Gasteiger partial charge is 0.409 e. The number of hydrogen-bond donors (Lipinski definition) is 1. The van der Waals surface area contributed by atoms with E-state index in [1.54, 1.807) is 22.4 Å². The molecular weight excluding hydrogens is 456 g/mol. The van der Waals surface area contributed by atoms with E-state index in [0.717, 1.165) is 26.7 Å². The molecule has 0 unspecified atom stereocenters. The molecule has 1 atom stereocenters. The lowest BCUT2D eigenvalue weighted by molar-refractivity contribution is 0.0710.